The first-order valence-electron chi connectivity index (χ1n) is 6.87. The topological polar surface area (TPSA) is 41.6 Å². The Morgan fingerprint density at radius 1 is 1.35 bits per heavy atom. The van der Waals surface area contributed by atoms with E-state index in [1.807, 2.05) is 21.0 Å². The van der Waals surface area contributed by atoms with Gasteiger partial charge in [-0.1, -0.05) is 6.92 Å². The first kappa shape index (κ1) is 16.4. The van der Waals surface area contributed by atoms with Gasteiger partial charge in [0.2, 0.25) is 0 Å². The molecule has 1 atom stereocenters. The molecule has 0 bridgehead atoms. The monoisotopic (exact) mass is 282 g/mol. The molecule has 1 aromatic carbocycles. The normalized spacial score (nSPS) is 12.2. The molecule has 1 amide bonds. The van der Waals surface area contributed by atoms with Crippen LogP contribution in [0.3, 0.4) is 0 Å². The van der Waals surface area contributed by atoms with Gasteiger partial charge in [0.15, 0.2) is 6.10 Å². The van der Waals surface area contributed by atoms with Gasteiger partial charge >= 0.3 is 0 Å². The lowest BCUT2D eigenvalue weighted by Gasteiger charge is -2.17. The molecular weight excluding hydrogens is 259 g/mol. The third-order valence-electron chi connectivity index (χ3n) is 2.84. The largest absolute Gasteiger partial charge is 0.481 e. The fraction of sp³-hybridized carbons (Fsp3) is 0.533. The molecule has 112 valence electrons. The molecule has 0 radical (unpaired) electrons. The summed E-state index contributed by atoms with van der Waals surface area (Å²) in [4.78, 5) is 14.0. The van der Waals surface area contributed by atoms with Crippen LogP contribution < -0.4 is 10.1 Å². The summed E-state index contributed by atoms with van der Waals surface area (Å²) in [6.45, 7) is 3.43. The van der Waals surface area contributed by atoms with Crippen molar-refractivity contribution in [3.8, 4) is 5.75 Å². The number of hydrogen-bond acceptors (Lipinski definition) is 3. The van der Waals surface area contributed by atoms with Gasteiger partial charge in [-0.3, -0.25) is 4.79 Å². The zero-order valence-electron chi connectivity index (χ0n) is 12.4. The molecule has 0 saturated heterocycles. The Hall–Kier alpha value is -1.62. The molecule has 5 heteroatoms. The summed E-state index contributed by atoms with van der Waals surface area (Å²) in [6.07, 6.45) is 0.919. The van der Waals surface area contributed by atoms with E-state index in [2.05, 4.69) is 10.2 Å². The van der Waals surface area contributed by atoms with Gasteiger partial charge < -0.3 is 15.0 Å². The van der Waals surface area contributed by atoms with Gasteiger partial charge in [-0.25, -0.2) is 4.39 Å². The molecule has 0 aliphatic heterocycles. The van der Waals surface area contributed by atoms with Crippen LogP contribution in [0.1, 0.15) is 19.8 Å². The maximum atomic E-state index is 12.8. The lowest BCUT2D eigenvalue weighted by Crippen LogP contribution is -2.39. The minimum absolute atomic E-state index is 0.129. The van der Waals surface area contributed by atoms with E-state index in [1.54, 1.807) is 0 Å². The van der Waals surface area contributed by atoms with Crippen molar-refractivity contribution in [1.82, 2.24) is 10.2 Å². The maximum Gasteiger partial charge on any atom is 0.261 e. The molecule has 0 heterocycles. The predicted octanol–water partition coefficient (Wildman–Crippen LogP) is 2.05. The van der Waals surface area contributed by atoms with Gasteiger partial charge in [0, 0.05) is 6.54 Å². The summed E-state index contributed by atoms with van der Waals surface area (Å²) in [6, 6.07) is 5.68. The minimum Gasteiger partial charge on any atom is -0.481 e. The van der Waals surface area contributed by atoms with Crippen molar-refractivity contribution in [2.75, 3.05) is 27.2 Å². The van der Waals surface area contributed by atoms with Crippen LogP contribution >= 0.6 is 0 Å². The zero-order valence-corrected chi connectivity index (χ0v) is 12.4. The average Bonchev–Trinajstić information content (AvgIpc) is 2.42. The highest BCUT2D eigenvalue weighted by Crippen LogP contribution is 2.14. The van der Waals surface area contributed by atoms with Gasteiger partial charge in [-0.15, -0.1) is 0 Å². The third-order valence-corrected chi connectivity index (χ3v) is 2.84. The van der Waals surface area contributed by atoms with Gasteiger partial charge in [0.1, 0.15) is 11.6 Å². The van der Waals surface area contributed by atoms with Crippen LogP contribution in [0.2, 0.25) is 0 Å². The Morgan fingerprint density at radius 3 is 2.55 bits per heavy atom. The van der Waals surface area contributed by atoms with Crippen molar-refractivity contribution >= 4 is 5.91 Å². The molecule has 0 saturated carbocycles. The number of rotatable bonds is 8. The Morgan fingerprint density at radius 2 is 2.00 bits per heavy atom. The highest BCUT2D eigenvalue weighted by Gasteiger charge is 2.17. The van der Waals surface area contributed by atoms with Crippen LogP contribution in [0.4, 0.5) is 4.39 Å². The highest BCUT2D eigenvalue weighted by molar-refractivity contribution is 5.81. The Labute approximate surface area is 119 Å². The van der Waals surface area contributed by atoms with Crippen molar-refractivity contribution < 1.29 is 13.9 Å². The van der Waals surface area contributed by atoms with Gasteiger partial charge in [0.05, 0.1) is 0 Å². The summed E-state index contributed by atoms with van der Waals surface area (Å²) in [7, 11) is 3.99. The zero-order chi connectivity index (χ0) is 15.0. The van der Waals surface area contributed by atoms with Crippen LogP contribution in [0.15, 0.2) is 24.3 Å². The van der Waals surface area contributed by atoms with E-state index in [0.29, 0.717) is 18.7 Å². The lowest BCUT2D eigenvalue weighted by molar-refractivity contribution is -0.128. The van der Waals surface area contributed by atoms with Crippen LogP contribution in [-0.2, 0) is 4.79 Å². The smallest absolute Gasteiger partial charge is 0.261 e. The molecule has 1 aromatic rings. The second-order valence-electron chi connectivity index (χ2n) is 4.92. The average molecular weight is 282 g/mol. The quantitative estimate of drug-likeness (QED) is 0.742. The van der Waals surface area contributed by atoms with Crippen molar-refractivity contribution in [1.29, 1.82) is 0 Å². The minimum atomic E-state index is -0.542. The lowest BCUT2D eigenvalue weighted by atomic mass is 10.2. The number of nitrogens with one attached hydrogen (secondary N) is 1. The SMILES string of the molecule is CC[C@H](Oc1ccc(F)cc1)C(=O)NCCCN(C)C. The molecule has 1 rings (SSSR count). The van der Waals surface area contributed by atoms with Crippen molar-refractivity contribution in [3.05, 3.63) is 30.1 Å². The summed E-state index contributed by atoms with van der Waals surface area (Å²) in [5.74, 6) is 0.0517. The number of ether oxygens (including phenoxy) is 1. The van der Waals surface area contributed by atoms with E-state index in [4.69, 9.17) is 4.74 Å². The van der Waals surface area contributed by atoms with Crippen molar-refractivity contribution in [2.45, 2.75) is 25.9 Å². The Bertz CT molecular complexity index is 407. The Kier molecular flexibility index (Phi) is 7.01. The summed E-state index contributed by atoms with van der Waals surface area (Å²) in [5.41, 5.74) is 0. The van der Waals surface area contributed by atoms with Crippen LogP contribution in [-0.4, -0.2) is 44.1 Å². The van der Waals surface area contributed by atoms with Gasteiger partial charge in [0.25, 0.3) is 5.91 Å². The number of amides is 1. The second kappa shape index (κ2) is 8.53. The van der Waals surface area contributed by atoms with Gasteiger partial charge in [-0.2, -0.15) is 0 Å². The summed E-state index contributed by atoms with van der Waals surface area (Å²) >= 11 is 0. The van der Waals surface area contributed by atoms with E-state index in [-0.39, 0.29) is 11.7 Å². The standard InChI is InChI=1S/C15H23FN2O2/c1-4-14(15(19)17-10-5-11-18(2)3)20-13-8-6-12(16)7-9-13/h6-9,14H,4-5,10-11H2,1-3H3,(H,17,19)/t14-/m0/s1. The summed E-state index contributed by atoms with van der Waals surface area (Å²) < 4.78 is 18.4. The predicted molar refractivity (Wildman–Crippen MR) is 77.3 cm³/mol. The number of benzene rings is 1. The van der Waals surface area contributed by atoms with Crippen LogP contribution in [0.25, 0.3) is 0 Å². The first-order valence-corrected chi connectivity index (χ1v) is 6.87. The molecule has 0 spiro atoms. The van der Waals surface area contributed by atoms with E-state index in [0.717, 1.165) is 13.0 Å². The number of hydrogen-bond donors (Lipinski definition) is 1. The molecule has 20 heavy (non-hydrogen) atoms. The molecule has 0 aliphatic carbocycles. The molecule has 0 fully saturated rings. The van der Waals surface area contributed by atoms with E-state index in [1.165, 1.54) is 24.3 Å². The van der Waals surface area contributed by atoms with E-state index in [9.17, 15) is 9.18 Å². The third kappa shape index (κ3) is 6.02. The van der Waals surface area contributed by atoms with Gasteiger partial charge in [-0.05, 0) is 57.7 Å². The number of carbonyl (C=O) groups excluding carboxylic acids is 1. The Balaban J connectivity index is 2.40. The van der Waals surface area contributed by atoms with Crippen molar-refractivity contribution in [3.63, 3.8) is 0 Å². The van der Waals surface area contributed by atoms with E-state index >= 15 is 0 Å². The molecule has 0 unspecified atom stereocenters. The second-order valence-corrected chi connectivity index (χ2v) is 4.92. The number of nitrogens with zero attached hydrogens (tertiary/aromatic N) is 1. The summed E-state index contributed by atoms with van der Waals surface area (Å²) in [5, 5.41) is 2.86. The highest BCUT2D eigenvalue weighted by atomic mass is 19.1. The van der Waals surface area contributed by atoms with Crippen LogP contribution in [0, 0.1) is 5.82 Å². The fourth-order valence-electron chi connectivity index (χ4n) is 1.72. The molecule has 0 aromatic heterocycles. The maximum absolute atomic E-state index is 12.8. The number of halogens is 1. The molecular formula is C15H23FN2O2. The number of carbonyl (C=O) groups is 1. The fourth-order valence-corrected chi connectivity index (χ4v) is 1.72. The molecule has 4 nitrogen and oxygen atoms in total. The van der Waals surface area contributed by atoms with Crippen LogP contribution in [0.5, 0.6) is 5.75 Å². The first-order chi connectivity index (χ1) is 9.52. The molecule has 0 aliphatic rings. The van der Waals surface area contributed by atoms with Crippen molar-refractivity contribution in [2.24, 2.45) is 0 Å². The molecule has 1 N–H and O–H groups in total. The van der Waals surface area contributed by atoms with E-state index < -0.39 is 6.10 Å².